The first-order chi connectivity index (χ1) is 15.5. The lowest BCUT2D eigenvalue weighted by molar-refractivity contribution is -0.135. The number of hydrogen-bond acceptors (Lipinski definition) is 6. The molecule has 0 saturated carbocycles. The Balaban J connectivity index is 1.68. The third-order valence-electron chi connectivity index (χ3n) is 6.13. The minimum atomic E-state index is -0.147. The predicted octanol–water partition coefficient (Wildman–Crippen LogP) is 3.33. The normalized spacial score (nSPS) is 19.1. The van der Waals surface area contributed by atoms with Gasteiger partial charge in [-0.2, -0.15) is 5.10 Å². The molecule has 1 saturated heterocycles. The van der Waals surface area contributed by atoms with E-state index in [2.05, 4.69) is 36.9 Å². The van der Waals surface area contributed by atoms with E-state index in [1.807, 2.05) is 18.2 Å². The molecule has 7 heteroatoms. The second-order valence-electron chi connectivity index (χ2n) is 8.32. The van der Waals surface area contributed by atoms with Crippen LogP contribution < -0.4 is 9.47 Å². The Kier molecular flexibility index (Phi) is 6.77. The molecule has 0 radical (unpaired) electrons. The van der Waals surface area contributed by atoms with E-state index < -0.39 is 0 Å². The topological polar surface area (TPSA) is 63.6 Å². The van der Waals surface area contributed by atoms with E-state index in [1.54, 1.807) is 19.2 Å². The van der Waals surface area contributed by atoms with E-state index in [0.717, 1.165) is 41.2 Å². The van der Waals surface area contributed by atoms with Crippen LogP contribution >= 0.6 is 0 Å². The highest BCUT2D eigenvalue weighted by atomic mass is 16.5. The standard InChI is InChI=1S/C25H31N3O4/c1-17-5-7-20(18(2)13-17)23-15-22(21-8-6-19(30-3)14-24(21)31-4)26-28(23)25(29)16-27-9-11-32-12-10-27/h5-8,13-14,23H,9-12,15-16H2,1-4H3/t23-/m0/s1. The van der Waals surface area contributed by atoms with E-state index in [4.69, 9.17) is 19.3 Å². The second kappa shape index (κ2) is 9.71. The number of aryl methyl sites for hydroxylation is 2. The smallest absolute Gasteiger partial charge is 0.257 e. The molecule has 32 heavy (non-hydrogen) atoms. The molecule has 2 aromatic rings. The van der Waals surface area contributed by atoms with Crippen LogP contribution in [0, 0.1) is 13.8 Å². The van der Waals surface area contributed by atoms with E-state index >= 15 is 0 Å². The van der Waals surface area contributed by atoms with Crippen LogP contribution in [0.15, 0.2) is 41.5 Å². The van der Waals surface area contributed by atoms with Crippen LogP contribution in [-0.4, -0.2) is 68.6 Å². The van der Waals surface area contributed by atoms with Crippen molar-refractivity contribution < 1.29 is 19.0 Å². The molecule has 2 aliphatic heterocycles. The Hall–Kier alpha value is -2.90. The van der Waals surface area contributed by atoms with Crippen LogP contribution in [-0.2, 0) is 9.53 Å². The maximum absolute atomic E-state index is 13.4. The minimum Gasteiger partial charge on any atom is -0.497 e. The summed E-state index contributed by atoms with van der Waals surface area (Å²) in [6.45, 7) is 7.35. The molecule has 2 aromatic carbocycles. The lowest BCUT2D eigenvalue weighted by atomic mass is 9.94. The molecular formula is C25H31N3O4. The number of morpholine rings is 1. The number of amides is 1. The van der Waals surface area contributed by atoms with Crippen molar-refractivity contribution in [2.75, 3.05) is 47.1 Å². The number of carbonyl (C=O) groups is 1. The van der Waals surface area contributed by atoms with Gasteiger partial charge in [-0.05, 0) is 37.1 Å². The molecule has 0 bridgehead atoms. The molecule has 170 valence electrons. The summed E-state index contributed by atoms with van der Waals surface area (Å²) in [6.07, 6.45) is 0.626. The number of hydrogen-bond donors (Lipinski definition) is 0. The quantitative estimate of drug-likeness (QED) is 0.694. The zero-order valence-electron chi connectivity index (χ0n) is 19.3. The predicted molar refractivity (Wildman–Crippen MR) is 123 cm³/mol. The minimum absolute atomic E-state index is 0.000599. The van der Waals surface area contributed by atoms with Crippen LogP contribution in [0.3, 0.4) is 0 Å². The molecule has 7 nitrogen and oxygen atoms in total. The van der Waals surface area contributed by atoms with Gasteiger partial charge in [-0.25, -0.2) is 5.01 Å². The van der Waals surface area contributed by atoms with Gasteiger partial charge in [0.15, 0.2) is 0 Å². The van der Waals surface area contributed by atoms with Crippen molar-refractivity contribution in [1.82, 2.24) is 9.91 Å². The summed E-state index contributed by atoms with van der Waals surface area (Å²) < 4.78 is 16.4. The summed E-state index contributed by atoms with van der Waals surface area (Å²) in [4.78, 5) is 15.5. The molecule has 0 spiro atoms. The van der Waals surface area contributed by atoms with Crippen molar-refractivity contribution in [3.63, 3.8) is 0 Å². The number of rotatable bonds is 6. The first-order valence-corrected chi connectivity index (χ1v) is 11.0. The highest BCUT2D eigenvalue weighted by Crippen LogP contribution is 2.37. The van der Waals surface area contributed by atoms with E-state index in [1.165, 1.54) is 5.56 Å². The van der Waals surface area contributed by atoms with Crippen molar-refractivity contribution in [3.8, 4) is 11.5 Å². The second-order valence-corrected chi connectivity index (χ2v) is 8.32. The van der Waals surface area contributed by atoms with Crippen molar-refractivity contribution in [2.24, 2.45) is 5.10 Å². The van der Waals surface area contributed by atoms with Gasteiger partial charge in [-0.15, -0.1) is 0 Å². The summed E-state index contributed by atoms with van der Waals surface area (Å²) >= 11 is 0. The van der Waals surface area contributed by atoms with Gasteiger partial charge in [-0.1, -0.05) is 23.8 Å². The third kappa shape index (κ3) is 4.64. The fourth-order valence-corrected chi connectivity index (χ4v) is 4.40. The first-order valence-electron chi connectivity index (χ1n) is 11.0. The van der Waals surface area contributed by atoms with Crippen molar-refractivity contribution in [1.29, 1.82) is 0 Å². The van der Waals surface area contributed by atoms with Gasteiger partial charge in [-0.3, -0.25) is 9.69 Å². The molecule has 0 N–H and O–H groups in total. The molecule has 0 aromatic heterocycles. The van der Waals surface area contributed by atoms with Crippen LogP contribution in [0.1, 0.15) is 34.7 Å². The first kappa shape index (κ1) is 22.3. The van der Waals surface area contributed by atoms with Gasteiger partial charge in [0.2, 0.25) is 0 Å². The number of nitrogens with zero attached hydrogens (tertiary/aromatic N) is 3. The molecule has 2 heterocycles. The molecule has 1 atom stereocenters. The highest BCUT2D eigenvalue weighted by Gasteiger charge is 2.35. The molecule has 1 amide bonds. The molecule has 0 aliphatic carbocycles. The third-order valence-corrected chi connectivity index (χ3v) is 6.13. The summed E-state index contributed by atoms with van der Waals surface area (Å²) in [5, 5.41) is 6.50. The Morgan fingerprint density at radius 3 is 2.56 bits per heavy atom. The molecule has 4 rings (SSSR count). The Bertz CT molecular complexity index is 1010. The maximum atomic E-state index is 13.4. The van der Waals surface area contributed by atoms with Gasteiger partial charge < -0.3 is 14.2 Å². The number of carbonyl (C=O) groups excluding carboxylic acids is 1. The number of methoxy groups -OCH3 is 2. The van der Waals surface area contributed by atoms with Gasteiger partial charge in [0, 0.05) is 31.1 Å². The zero-order chi connectivity index (χ0) is 22.7. The summed E-state index contributed by atoms with van der Waals surface area (Å²) in [6, 6.07) is 11.9. The van der Waals surface area contributed by atoms with Gasteiger partial charge in [0.25, 0.3) is 5.91 Å². The molecule has 2 aliphatic rings. The van der Waals surface area contributed by atoms with Gasteiger partial charge in [0.05, 0.1) is 45.7 Å². The Labute approximate surface area is 189 Å². The average molecular weight is 438 g/mol. The van der Waals surface area contributed by atoms with Crippen LogP contribution in [0.2, 0.25) is 0 Å². The summed E-state index contributed by atoms with van der Waals surface area (Å²) in [5.41, 5.74) is 5.21. The lowest BCUT2D eigenvalue weighted by Crippen LogP contribution is -2.43. The van der Waals surface area contributed by atoms with Crippen molar-refractivity contribution >= 4 is 11.6 Å². The van der Waals surface area contributed by atoms with Gasteiger partial charge in [0.1, 0.15) is 11.5 Å². The number of hydrazone groups is 1. The Morgan fingerprint density at radius 2 is 1.88 bits per heavy atom. The van der Waals surface area contributed by atoms with E-state index in [0.29, 0.717) is 31.9 Å². The van der Waals surface area contributed by atoms with Crippen LogP contribution in [0.5, 0.6) is 11.5 Å². The van der Waals surface area contributed by atoms with E-state index in [-0.39, 0.29) is 11.9 Å². The SMILES string of the molecule is COc1ccc(C2=NN(C(=O)CN3CCOCC3)[C@H](c3ccc(C)cc3C)C2)c(OC)c1. The van der Waals surface area contributed by atoms with E-state index in [9.17, 15) is 4.79 Å². The molecule has 1 fully saturated rings. The van der Waals surface area contributed by atoms with Crippen LogP contribution in [0.25, 0.3) is 0 Å². The largest absolute Gasteiger partial charge is 0.497 e. The van der Waals surface area contributed by atoms with Crippen molar-refractivity contribution in [2.45, 2.75) is 26.3 Å². The van der Waals surface area contributed by atoms with Gasteiger partial charge >= 0.3 is 0 Å². The Morgan fingerprint density at radius 1 is 1.09 bits per heavy atom. The summed E-state index contributed by atoms with van der Waals surface area (Å²) in [5.74, 6) is 1.40. The molecule has 0 unspecified atom stereocenters. The van der Waals surface area contributed by atoms with Crippen molar-refractivity contribution in [3.05, 3.63) is 58.7 Å². The maximum Gasteiger partial charge on any atom is 0.257 e. The summed E-state index contributed by atoms with van der Waals surface area (Å²) in [7, 11) is 3.26. The fraction of sp³-hybridized carbons (Fsp3) is 0.440. The number of ether oxygens (including phenoxy) is 3. The fourth-order valence-electron chi connectivity index (χ4n) is 4.40. The zero-order valence-corrected chi connectivity index (χ0v) is 19.3. The lowest BCUT2D eigenvalue weighted by Gasteiger charge is -2.29. The highest BCUT2D eigenvalue weighted by molar-refractivity contribution is 6.05. The average Bonchev–Trinajstić information content (AvgIpc) is 3.24. The monoisotopic (exact) mass is 437 g/mol. The molecular weight excluding hydrogens is 406 g/mol. The number of benzene rings is 2. The van der Waals surface area contributed by atoms with Crippen LogP contribution in [0.4, 0.5) is 0 Å².